The van der Waals surface area contributed by atoms with Crippen molar-refractivity contribution in [1.29, 1.82) is 0 Å². The number of ether oxygens (including phenoxy) is 2. The summed E-state index contributed by atoms with van der Waals surface area (Å²) in [7, 11) is 0. The molecule has 0 spiro atoms. The van der Waals surface area contributed by atoms with Crippen molar-refractivity contribution in [2.24, 2.45) is 0 Å². The van der Waals surface area contributed by atoms with E-state index < -0.39 is 0 Å². The fourth-order valence-electron chi connectivity index (χ4n) is 3.88. The molecule has 0 aliphatic carbocycles. The van der Waals surface area contributed by atoms with Crippen LogP contribution >= 0.6 is 23.2 Å². The number of aromatic nitrogens is 3. The second-order valence-electron chi connectivity index (χ2n) is 8.49. The lowest BCUT2D eigenvalue weighted by atomic mass is 10.1. The van der Waals surface area contributed by atoms with Crippen LogP contribution in [-0.4, -0.2) is 33.7 Å². The molecule has 0 radical (unpaired) electrons. The molecule has 0 saturated carbocycles. The molecule has 0 fully saturated rings. The molecule has 9 heteroatoms. The molecule has 2 aromatic heterocycles. The van der Waals surface area contributed by atoms with Crippen LogP contribution in [0.15, 0.2) is 91.5 Å². The van der Waals surface area contributed by atoms with Crippen LogP contribution in [0.3, 0.4) is 0 Å². The molecule has 5 aromatic rings. The number of carbonyl (C=O) groups excluding carboxylic acids is 1. The minimum absolute atomic E-state index is 0.163. The second kappa shape index (κ2) is 12.0. The quantitative estimate of drug-likeness (QED) is 0.202. The molecule has 192 valence electrons. The summed E-state index contributed by atoms with van der Waals surface area (Å²) in [4.78, 5) is 21.2. The van der Waals surface area contributed by atoms with E-state index in [1.807, 2.05) is 47.0 Å². The number of hydrogen-bond acceptors (Lipinski definition) is 5. The molecule has 3 aromatic carbocycles. The summed E-state index contributed by atoms with van der Waals surface area (Å²) in [6.07, 6.45) is 5.87. The molecule has 0 bridgehead atoms. The van der Waals surface area contributed by atoms with Gasteiger partial charge in [-0.1, -0.05) is 35.3 Å². The number of amides is 1. The van der Waals surface area contributed by atoms with Crippen LogP contribution in [0.4, 0.5) is 0 Å². The van der Waals surface area contributed by atoms with Crippen LogP contribution in [0.5, 0.6) is 11.5 Å². The summed E-state index contributed by atoms with van der Waals surface area (Å²) in [5.74, 6) is 1.25. The Morgan fingerprint density at radius 2 is 1.74 bits per heavy atom. The third kappa shape index (κ3) is 6.25. The molecule has 7 nitrogen and oxygen atoms in total. The summed E-state index contributed by atoms with van der Waals surface area (Å²) in [6.45, 7) is 1.39. The smallest absolute Gasteiger partial charge is 0.251 e. The highest BCUT2D eigenvalue weighted by molar-refractivity contribution is 6.42. The summed E-state index contributed by atoms with van der Waals surface area (Å²) in [6, 6.07) is 22.2. The van der Waals surface area contributed by atoms with Gasteiger partial charge in [0.05, 0.1) is 40.0 Å². The van der Waals surface area contributed by atoms with Crippen molar-refractivity contribution in [3.63, 3.8) is 0 Å². The fraction of sp³-hybridized carbons (Fsp3) is 0.138. The molecule has 0 aliphatic rings. The van der Waals surface area contributed by atoms with Gasteiger partial charge in [-0.3, -0.25) is 14.3 Å². The zero-order chi connectivity index (χ0) is 26.3. The van der Waals surface area contributed by atoms with Gasteiger partial charge < -0.3 is 14.8 Å². The first-order chi connectivity index (χ1) is 18.6. The largest absolute Gasteiger partial charge is 0.493 e. The Hall–Kier alpha value is -4.07. The number of pyridine rings is 1. The van der Waals surface area contributed by atoms with Crippen molar-refractivity contribution < 1.29 is 14.3 Å². The van der Waals surface area contributed by atoms with Gasteiger partial charge in [0.25, 0.3) is 5.91 Å². The molecule has 38 heavy (non-hydrogen) atoms. The molecular weight excluding hydrogens is 523 g/mol. The van der Waals surface area contributed by atoms with Gasteiger partial charge in [0.15, 0.2) is 0 Å². The van der Waals surface area contributed by atoms with Crippen molar-refractivity contribution in [2.45, 2.75) is 13.0 Å². The first kappa shape index (κ1) is 25.6. The van der Waals surface area contributed by atoms with E-state index in [4.69, 9.17) is 32.7 Å². The summed E-state index contributed by atoms with van der Waals surface area (Å²) >= 11 is 12.0. The zero-order valence-electron chi connectivity index (χ0n) is 20.3. The Kier molecular flexibility index (Phi) is 8.06. The van der Waals surface area contributed by atoms with Crippen molar-refractivity contribution in [2.75, 3.05) is 13.2 Å². The average molecular weight is 547 g/mol. The number of nitrogens with one attached hydrogen (secondary N) is 1. The Morgan fingerprint density at radius 1 is 0.895 bits per heavy atom. The van der Waals surface area contributed by atoms with Crippen molar-refractivity contribution in [3.05, 3.63) is 113 Å². The molecule has 0 aliphatic heterocycles. The minimum Gasteiger partial charge on any atom is -0.493 e. The molecule has 5 rings (SSSR count). The maximum atomic E-state index is 12.6. The van der Waals surface area contributed by atoms with Gasteiger partial charge >= 0.3 is 0 Å². The molecule has 2 heterocycles. The molecule has 1 amide bonds. The molecular formula is C29H24Cl2N4O3. The monoisotopic (exact) mass is 546 g/mol. The van der Waals surface area contributed by atoms with E-state index in [9.17, 15) is 4.79 Å². The van der Waals surface area contributed by atoms with Crippen LogP contribution in [-0.2, 0) is 6.54 Å². The standard InChI is InChI=1S/C29H24Cl2N4O3/c30-25-9-8-24(16-26(25)31)38-13-3-12-37-23-6-1-5-22(15-23)35-19-34-27-14-21(7-10-28(27)35)29(36)33-18-20-4-2-11-32-17-20/h1-2,4-11,14-17,19H,3,12-13,18H2,(H,33,36). The lowest BCUT2D eigenvalue weighted by Gasteiger charge is -2.11. The van der Waals surface area contributed by atoms with Gasteiger partial charge in [-0.2, -0.15) is 0 Å². The van der Waals surface area contributed by atoms with Gasteiger partial charge in [-0.25, -0.2) is 4.98 Å². The fourth-order valence-corrected chi connectivity index (χ4v) is 4.16. The maximum Gasteiger partial charge on any atom is 0.251 e. The van der Waals surface area contributed by atoms with E-state index in [1.165, 1.54) is 0 Å². The zero-order valence-corrected chi connectivity index (χ0v) is 21.8. The van der Waals surface area contributed by atoms with Crippen LogP contribution in [0.1, 0.15) is 22.3 Å². The number of rotatable bonds is 10. The van der Waals surface area contributed by atoms with Crippen molar-refractivity contribution in [1.82, 2.24) is 19.9 Å². The number of hydrogen-bond donors (Lipinski definition) is 1. The van der Waals surface area contributed by atoms with Crippen LogP contribution in [0.2, 0.25) is 10.0 Å². The van der Waals surface area contributed by atoms with Crippen LogP contribution in [0, 0.1) is 0 Å². The lowest BCUT2D eigenvalue weighted by Crippen LogP contribution is -2.22. The van der Waals surface area contributed by atoms with Gasteiger partial charge in [-0.05, 0) is 54.1 Å². The maximum absolute atomic E-state index is 12.6. The van der Waals surface area contributed by atoms with Gasteiger partial charge in [-0.15, -0.1) is 0 Å². The Bertz CT molecular complexity index is 1560. The number of fused-ring (bicyclic) bond motifs is 1. The van der Waals surface area contributed by atoms with Crippen molar-refractivity contribution in [3.8, 4) is 17.2 Å². The highest BCUT2D eigenvalue weighted by Gasteiger charge is 2.11. The van der Waals surface area contributed by atoms with Crippen molar-refractivity contribution >= 4 is 40.1 Å². The Labute approximate surface area is 230 Å². The molecule has 0 unspecified atom stereocenters. The minimum atomic E-state index is -0.163. The van der Waals surface area contributed by atoms with E-state index in [-0.39, 0.29) is 5.91 Å². The highest BCUT2D eigenvalue weighted by Crippen LogP contribution is 2.26. The molecule has 1 N–H and O–H groups in total. The number of nitrogens with zero attached hydrogens (tertiary/aromatic N) is 3. The summed E-state index contributed by atoms with van der Waals surface area (Å²) in [5.41, 5.74) is 4.01. The Balaban J connectivity index is 1.18. The third-order valence-electron chi connectivity index (χ3n) is 5.80. The normalized spacial score (nSPS) is 10.9. The van der Waals surface area contributed by atoms with E-state index in [1.54, 1.807) is 49.1 Å². The average Bonchev–Trinajstić information content (AvgIpc) is 3.37. The van der Waals surface area contributed by atoms with E-state index in [0.29, 0.717) is 47.5 Å². The number of halogens is 2. The van der Waals surface area contributed by atoms with Gasteiger partial charge in [0.1, 0.15) is 17.8 Å². The van der Waals surface area contributed by atoms with Gasteiger partial charge in [0, 0.05) is 43.1 Å². The van der Waals surface area contributed by atoms with E-state index >= 15 is 0 Å². The number of carbonyl (C=O) groups is 1. The van der Waals surface area contributed by atoms with Crippen LogP contribution in [0.25, 0.3) is 16.7 Å². The van der Waals surface area contributed by atoms with E-state index in [2.05, 4.69) is 15.3 Å². The Morgan fingerprint density at radius 3 is 2.53 bits per heavy atom. The number of benzene rings is 3. The molecule has 0 saturated heterocycles. The predicted octanol–water partition coefficient (Wildman–Crippen LogP) is 6.51. The third-order valence-corrected chi connectivity index (χ3v) is 6.54. The van der Waals surface area contributed by atoms with Gasteiger partial charge in [0.2, 0.25) is 0 Å². The SMILES string of the molecule is O=C(NCc1cccnc1)c1ccc2c(c1)ncn2-c1cccc(OCCCOc2ccc(Cl)c(Cl)c2)c1. The first-order valence-electron chi connectivity index (χ1n) is 12.0. The summed E-state index contributed by atoms with van der Waals surface area (Å²) in [5, 5.41) is 3.88. The predicted molar refractivity (Wildman–Crippen MR) is 149 cm³/mol. The first-order valence-corrected chi connectivity index (χ1v) is 12.8. The topological polar surface area (TPSA) is 78.3 Å². The van der Waals surface area contributed by atoms with Crippen LogP contribution < -0.4 is 14.8 Å². The lowest BCUT2D eigenvalue weighted by molar-refractivity contribution is 0.0951. The van der Waals surface area contributed by atoms with E-state index in [0.717, 1.165) is 28.0 Å². The second-order valence-corrected chi connectivity index (χ2v) is 9.30. The number of imidazole rings is 1. The highest BCUT2D eigenvalue weighted by atomic mass is 35.5. The summed E-state index contributed by atoms with van der Waals surface area (Å²) < 4.78 is 13.6. The molecule has 0 atom stereocenters.